The molecule has 0 bridgehead atoms. The maximum Gasteiger partial charge on any atom is 0.125 e. The summed E-state index contributed by atoms with van der Waals surface area (Å²) >= 11 is 0. The van der Waals surface area contributed by atoms with Crippen LogP contribution in [0.4, 0.5) is 0 Å². The minimum atomic E-state index is 0.176. The molecule has 1 fully saturated rings. The van der Waals surface area contributed by atoms with Gasteiger partial charge in [-0.1, -0.05) is 0 Å². The number of aldehydes is 1. The topological polar surface area (TPSA) is 26.3 Å². The van der Waals surface area contributed by atoms with Gasteiger partial charge in [-0.15, -0.1) is 0 Å². The van der Waals surface area contributed by atoms with Crippen LogP contribution in [0.1, 0.15) is 12.8 Å². The van der Waals surface area contributed by atoms with Gasteiger partial charge in [-0.05, 0) is 18.8 Å². The molecule has 1 unspecified atom stereocenters. The summed E-state index contributed by atoms with van der Waals surface area (Å²) in [7, 11) is 1.64. The second kappa shape index (κ2) is 2.97. The molecular weight excluding hydrogens is 116 g/mol. The second-order valence-corrected chi connectivity index (χ2v) is 2.59. The average Bonchev–Trinajstić information content (AvgIpc) is 2.64. The molecule has 0 amide bonds. The summed E-state index contributed by atoms with van der Waals surface area (Å²) in [6.07, 6.45) is 3.45. The van der Waals surface area contributed by atoms with E-state index in [4.69, 9.17) is 4.74 Å². The van der Waals surface area contributed by atoms with Gasteiger partial charge < -0.3 is 9.53 Å². The minimum absolute atomic E-state index is 0.176. The lowest BCUT2D eigenvalue weighted by atomic mass is 10.1. The van der Waals surface area contributed by atoms with Crippen LogP contribution >= 0.6 is 0 Å². The molecule has 0 saturated heterocycles. The summed E-state index contributed by atoms with van der Waals surface area (Å²) in [5.74, 6) is 0.817. The molecule has 0 aliphatic heterocycles. The standard InChI is InChI=1S/C7H12O2/c1-9-5-7(4-8)6-2-3-6/h4,6-7H,2-3,5H2,1H3. The van der Waals surface area contributed by atoms with E-state index in [9.17, 15) is 4.79 Å². The van der Waals surface area contributed by atoms with Crippen molar-refractivity contribution in [1.82, 2.24) is 0 Å². The summed E-state index contributed by atoms with van der Waals surface area (Å²) in [6.45, 7) is 0.605. The lowest BCUT2D eigenvalue weighted by Crippen LogP contribution is -2.11. The second-order valence-electron chi connectivity index (χ2n) is 2.59. The molecule has 9 heavy (non-hydrogen) atoms. The Bertz CT molecular complexity index is 97.1. The van der Waals surface area contributed by atoms with Crippen molar-refractivity contribution < 1.29 is 9.53 Å². The first-order chi connectivity index (χ1) is 4.38. The van der Waals surface area contributed by atoms with E-state index in [0.29, 0.717) is 12.5 Å². The van der Waals surface area contributed by atoms with Crippen molar-refractivity contribution in [2.75, 3.05) is 13.7 Å². The fraction of sp³-hybridized carbons (Fsp3) is 0.857. The number of hydrogen-bond donors (Lipinski definition) is 0. The number of rotatable bonds is 4. The Labute approximate surface area is 55.2 Å². The van der Waals surface area contributed by atoms with Crippen LogP contribution in [0.15, 0.2) is 0 Å². The normalized spacial score (nSPS) is 21.4. The quantitative estimate of drug-likeness (QED) is 0.525. The number of ether oxygens (including phenoxy) is 1. The highest BCUT2D eigenvalue weighted by Crippen LogP contribution is 2.35. The first kappa shape index (κ1) is 6.75. The molecule has 1 atom stereocenters. The fourth-order valence-corrected chi connectivity index (χ4v) is 1.00. The van der Waals surface area contributed by atoms with Gasteiger partial charge >= 0.3 is 0 Å². The van der Waals surface area contributed by atoms with Gasteiger partial charge in [0.2, 0.25) is 0 Å². The Morgan fingerprint density at radius 2 is 2.44 bits per heavy atom. The van der Waals surface area contributed by atoms with Crippen molar-refractivity contribution in [2.24, 2.45) is 11.8 Å². The minimum Gasteiger partial charge on any atom is -0.384 e. The Kier molecular flexibility index (Phi) is 2.22. The molecule has 0 radical (unpaired) electrons. The molecule has 0 aromatic rings. The molecule has 0 spiro atoms. The van der Waals surface area contributed by atoms with E-state index in [1.54, 1.807) is 7.11 Å². The lowest BCUT2D eigenvalue weighted by molar-refractivity contribution is -0.113. The largest absolute Gasteiger partial charge is 0.384 e. The van der Waals surface area contributed by atoms with E-state index in [0.717, 1.165) is 6.29 Å². The number of methoxy groups -OCH3 is 1. The number of hydrogen-bond acceptors (Lipinski definition) is 2. The number of carbonyl (C=O) groups excluding carboxylic acids is 1. The van der Waals surface area contributed by atoms with Crippen LogP contribution in [-0.2, 0) is 9.53 Å². The van der Waals surface area contributed by atoms with E-state index < -0.39 is 0 Å². The van der Waals surface area contributed by atoms with E-state index in [-0.39, 0.29) is 5.92 Å². The summed E-state index contributed by atoms with van der Waals surface area (Å²) in [5, 5.41) is 0. The maximum absolute atomic E-state index is 10.3. The van der Waals surface area contributed by atoms with Gasteiger partial charge in [0.05, 0.1) is 6.61 Å². The molecule has 2 nitrogen and oxygen atoms in total. The van der Waals surface area contributed by atoms with Gasteiger partial charge in [0.1, 0.15) is 6.29 Å². The summed E-state index contributed by atoms with van der Waals surface area (Å²) in [4.78, 5) is 10.3. The first-order valence-electron chi connectivity index (χ1n) is 3.32. The Morgan fingerprint density at radius 3 is 2.78 bits per heavy atom. The summed E-state index contributed by atoms with van der Waals surface area (Å²) in [6, 6.07) is 0. The van der Waals surface area contributed by atoms with E-state index >= 15 is 0 Å². The molecule has 1 rings (SSSR count). The maximum atomic E-state index is 10.3. The average molecular weight is 128 g/mol. The van der Waals surface area contributed by atoms with Gasteiger partial charge in [0, 0.05) is 13.0 Å². The van der Waals surface area contributed by atoms with Crippen LogP contribution in [0.25, 0.3) is 0 Å². The third-order valence-corrected chi connectivity index (χ3v) is 1.76. The van der Waals surface area contributed by atoms with Crippen molar-refractivity contribution in [3.05, 3.63) is 0 Å². The zero-order chi connectivity index (χ0) is 6.69. The molecule has 0 heterocycles. The molecule has 0 aromatic heterocycles. The van der Waals surface area contributed by atoms with Crippen molar-refractivity contribution in [1.29, 1.82) is 0 Å². The van der Waals surface area contributed by atoms with Crippen molar-refractivity contribution >= 4 is 6.29 Å². The Balaban J connectivity index is 2.20. The molecule has 0 aromatic carbocycles. The van der Waals surface area contributed by atoms with E-state index in [1.807, 2.05) is 0 Å². The van der Waals surface area contributed by atoms with Crippen LogP contribution in [0, 0.1) is 11.8 Å². The SMILES string of the molecule is COCC(C=O)C1CC1. The highest BCUT2D eigenvalue weighted by Gasteiger charge is 2.30. The van der Waals surface area contributed by atoms with Gasteiger partial charge in [-0.25, -0.2) is 0 Å². The number of carbonyl (C=O) groups is 1. The highest BCUT2D eigenvalue weighted by molar-refractivity contribution is 5.54. The van der Waals surface area contributed by atoms with Crippen LogP contribution in [0.2, 0.25) is 0 Å². The molecule has 0 N–H and O–H groups in total. The van der Waals surface area contributed by atoms with Crippen molar-refractivity contribution in [3.63, 3.8) is 0 Å². The molecule has 1 aliphatic rings. The van der Waals surface area contributed by atoms with E-state index in [2.05, 4.69) is 0 Å². The predicted molar refractivity (Wildman–Crippen MR) is 34.2 cm³/mol. The van der Waals surface area contributed by atoms with Gasteiger partial charge in [-0.3, -0.25) is 0 Å². The van der Waals surface area contributed by atoms with Crippen LogP contribution < -0.4 is 0 Å². The van der Waals surface area contributed by atoms with Gasteiger partial charge in [-0.2, -0.15) is 0 Å². The van der Waals surface area contributed by atoms with Gasteiger partial charge in [0.25, 0.3) is 0 Å². The van der Waals surface area contributed by atoms with Crippen LogP contribution in [0.3, 0.4) is 0 Å². The Hall–Kier alpha value is -0.370. The molecular formula is C7H12O2. The Morgan fingerprint density at radius 1 is 1.78 bits per heavy atom. The first-order valence-corrected chi connectivity index (χ1v) is 3.32. The highest BCUT2D eigenvalue weighted by atomic mass is 16.5. The fourth-order valence-electron chi connectivity index (χ4n) is 1.00. The smallest absolute Gasteiger partial charge is 0.125 e. The van der Waals surface area contributed by atoms with Crippen LogP contribution in [-0.4, -0.2) is 20.0 Å². The van der Waals surface area contributed by atoms with Crippen molar-refractivity contribution in [3.8, 4) is 0 Å². The molecule has 1 aliphatic carbocycles. The van der Waals surface area contributed by atoms with Crippen molar-refractivity contribution in [2.45, 2.75) is 12.8 Å². The third-order valence-electron chi connectivity index (χ3n) is 1.76. The van der Waals surface area contributed by atoms with Crippen LogP contribution in [0.5, 0.6) is 0 Å². The van der Waals surface area contributed by atoms with E-state index in [1.165, 1.54) is 12.8 Å². The summed E-state index contributed by atoms with van der Waals surface area (Å²) < 4.78 is 4.86. The van der Waals surface area contributed by atoms with Gasteiger partial charge in [0.15, 0.2) is 0 Å². The third kappa shape index (κ3) is 1.79. The monoisotopic (exact) mass is 128 g/mol. The molecule has 2 heteroatoms. The summed E-state index contributed by atoms with van der Waals surface area (Å²) in [5.41, 5.74) is 0. The lowest BCUT2D eigenvalue weighted by Gasteiger charge is -2.04. The predicted octanol–water partition coefficient (Wildman–Crippen LogP) is 0.858. The molecule has 52 valence electrons. The molecule has 1 saturated carbocycles. The zero-order valence-corrected chi connectivity index (χ0v) is 5.67. The zero-order valence-electron chi connectivity index (χ0n) is 5.67.